The largest absolute Gasteiger partial charge is 0.287 e. The van der Waals surface area contributed by atoms with Crippen LogP contribution in [0.25, 0.3) is 32.7 Å². The topological polar surface area (TPSA) is 66.0 Å². The molecular formula is C34H29N3O3. The smallest absolute Gasteiger partial charge is 0.228 e. The van der Waals surface area contributed by atoms with Gasteiger partial charge >= 0.3 is 0 Å². The van der Waals surface area contributed by atoms with Crippen LogP contribution in [0.3, 0.4) is 0 Å². The molecule has 0 unspecified atom stereocenters. The number of hydrogen-bond donors (Lipinski definition) is 0. The predicted molar refractivity (Wildman–Crippen MR) is 158 cm³/mol. The van der Waals surface area contributed by atoms with E-state index in [1.54, 1.807) is 29.9 Å². The third kappa shape index (κ3) is 3.38. The first-order chi connectivity index (χ1) is 19.4. The minimum absolute atomic E-state index is 0.00315. The monoisotopic (exact) mass is 527 g/mol. The standard InChI is InChI=1S/C34H29N3O3/c1-20(38)35-18-28(23-10-4-7-13-30(23)35)25-16-17-26(29-19-36(21(2)39)31-14-8-5-11-24(29)31)34-33(25)27-12-6-9-15-32(27)37(34)22(3)40/h4-15,18-19,25-26H,16-17H2,1-3H3/t25-,26-/m0/s1. The molecule has 0 radical (unpaired) electrons. The lowest BCUT2D eigenvalue weighted by atomic mass is 9.74. The highest BCUT2D eigenvalue weighted by molar-refractivity contribution is 6.00. The summed E-state index contributed by atoms with van der Waals surface area (Å²) in [5.74, 6) is -0.178. The number of benzene rings is 3. The van der Waals surface area contributed by atoms with Gasteiger partial charge in [-0.05, 0) is 47.7 Å². The van der Waals surface area contributed by atoms with Gasteiger partial charge in [-0.3, -0.25) is 28.1 Å². The molecule has 2 atom stereocenters. The van der Waals surface area contributed by atoms with Crippen molar-refractivity contribution in [1.29, 1.82) is 0 Å². The van der Waals surface area contributed by atoms with Gasteiger partial charge in [-0.2, -0.15) is 0 Å². The van der Waals surface area contributed by atoms with Gasteiger partial charge in [0.1, 0.15) is 0 Å². The Bertz CT molecular complexity index is 2020. The number of nitrogens with zero attached hydrogens (tertiary/aromatic N) is 3. The van der Waals surface area contributed by atoms with Crippen LogP contribution in [0.4, 0.5) is 0 Å². The van der Waals surface area contributed by atoms with Gasteiger partial charge in [0.15, 0.2) is 0 Å². The molecule has 0 N–H and O–H groups in total. The summed E-state index contributed by atoms with van der Waals surface area (Å²) < 4.78 is 5.34. The highest BCUT2D eigenvalue weighted by Gasteiger charge is 2.38. The maximum Gasteiger partial charge on any atom is 0.228 e. The Morgan fingerprint density at radius 3 is 1.55 bits per heavy atom. The molecule has 0 spiro atoms. The highest BCUT2D eigenvalue weighted by atomic mass is 16.2. The van der Waals surface area contributed by atoms with E-state index in [4.69, 9.17) is 0 Å². The third-order valence-electron chi connectivity index (χ3n) is 8.60. The van der Waals surface area contributed by atoms with E-state index in [1.165, 1.54) is 0 Å². The van der Waals surface area contributed by atoms with Crippen LogP contribution in [0.1, 0.15) is 82.2 Å². The number of para-hydroxylation sites is 3. The Morgan fingerprint density at radius 1 is 0.575 bits per heavy atom. The second-order valence-electron chi connectivity index (χ2n) is 10.8. The Labute approximate surface area is 231 Å². The summed E-state index contributed by atoms with van der Waals surface area (Å²) in [7, 11) is 0. The SMILES string of the molecule is CC(=O)n1cc([C@@H]2CC[C@@H](c3cn(C(C)=O)c4ccccc34)c3c2c2ccccc2n3C(C)=O)c2ccccc21. The number of aromatic nitrogens is 3. The minimum atomic E-state index is -0.0748. The van der Waals surface area contributed by atoms with Gasteiger partial charge in [-0.1, -0.05) is 54.6 Å². The van der Waals surface area contributed by atoms with E-state index in [0.717, 1.165) is 67.9 Å². The molecule has 7 rings (SSSR count). The van der Waals surface area contributed by atoms with Crippen molar-refractivity contribution in [3.63, 3.8) is 0 Å². The van der Waals surface area contributed by atoms with Gasteiger partial charge in [0.25, 0.3) is 0 Å². The van der Waals surface area contributed by atoms with Crippen molar-refractivity contribution < 1.29 is 14.4 Å². The van der Waals surface area contributed by atoms with Gasteiger partial charge in [-0.25, -0.2) is 0 Å². The molecule has 6 nitrogen and oxygen atoms in total. The first-order valence-electron chi connectivity index (χ1n) is 13.7. The second kappa shape index (κ2) is 8.91. The third-order valence-corrected chi connectivity index (χ3v) is 8.60. The molecule has 0 fully saturated rings. The Kier molecular flexibility index (Phi) is 5.42. The Hall–Kier alpha value is -4.71. The zero-order chi connectivity index (χ0) is 27.7. The van der Waals surface area contributed by atoms with Gasteiger partial charge in [0.05, 0.1) is 16.6 Å². The predicted octanol–water partition coefficient (Wildman–Crippen LogP) is 7.59. The summed E-state index contributed by atoms with van der Waals surface area (Å²) in [6, 6.07) is 24.1. The molecule has 198 valence electrons. The number of fused-ring (bicyclic) bond motifs is 5. The van der Waals surface area contributed by atoms with Crippen molar-refractivity contribution >= 4 is 50.4 Å². The van der Waals surface area contributed by atoms with Crippen LogP contribution in [-0.4, -0.2) is 31.4 Å². The summed E-state index contributed by atoms with van der Waals surface area (Å²) in [5, 5.41) is 3.14. The van der Waals surface area contributed by atoms with Crippen molar-refractivity contribution in [3.8, 4) is 0 Å². The van der Waals surface area contributed by atoms with Crippen molar-refractivity contribution in [2.75, 3.05) is 0 Å². The van der Waals surface area contributed by atoms with E-state index in [1.807, 2.05) is 71.6 Å². The van der Waals surface area contributed by atoms with Gasteiger partial charge in [-0.15, -0.1) is 0 Å². The van der Waals surface area contributed by atoms with Crippen molar-refractivity contribution in [1.82, 2.24) is 13.7 Å². The lowest BCUT2D eigenvalue weighted by Gasteiger charge is -2.31. The normalized spacial score (nSPS) is 17.0. The number of rotatable bonds is 2. The number of carbonyl (C=O) groups excluding carboxylic acids is 3. The fourth-order valence-electron chi connectivity index (χ4n) is 7.05. The Morgan fingerprint density at radius 2 is 1.02 bits per heavy atom. The van der Waals surface area contributed by atoms with Crippen LogP contribution in [0.2, 0.25) is 0 Å². The van der Waals surface area contributed by atoms with E-state index in [-0.39, 0.29) is 29.6 Å². The van der Waals surface area contributed by atoms with Gasteiger partial charge in [0.2, 0.25) is 17.7 Å². The van der Waals surface area contributed by atoms with E-state index in [9.17, 15) is 14.4 Å². The fraction of sp³-hybridized carbons (Fsp3) is 0.206. The number of carbonyl (C=O) groups is 3. The van der Waals surface area contributed by atoms with Crippen LogP contribution in [-0.2, 0) is 0 Å². The summed E-state index contributed by atoms with van der Waals surface area (Å²) in [6.45, 7) is 4.79. The van der Waals surface area contributed by atoms with Crippen LogP contribution in [0.15, 0.2) is 85.2 Å². The van der Waals surface area contributed by atoms with Crippen molar-refractivity contribution in [2.24, 2.45) is 0 Å². The molecule has 1 aliphatic rings. The lowest BCUT2D eigenvalue weighted by Crippen LogP contribution is -2.21. The molecule has 3 aromatic carbocycles. The summed E-state index contributed by atoms with van der Waals surface area (Å²) in [4.78, 5) is 38.6. The van der Waals surface area contributed by atoms with Crippen molar-refractivity contribution in [2.45, 2.75) is 45.4 Å². The Balaban J connectivity index is 1.55. The van der Waals surface area contributed by atoms with Crippen molar-refractivity contribution in [3.05, 3.63) is 108 Å². The first-order valence-corrected chi connectivity index (χ1v) is 13.7. The molecule has 6 aromatic rings. The zero-order valence-corrected chi connectivity index (χ0v) is 22.7. The quantitative estimate of drug-likeness (QED) is 0.233. The molecule has 0 amide bonds. The molecule has 0 bridgehead atoms. The molecule has 1 aliphatic carbocycles. The molecule has 0 saturated heterocycles. The van der Waals surface area contributed by atoms with Crippen LogP contribution in [0, 0.1) is 0 Å². The van der Waals surface area contributed by atoms with E-state index >= 15 is 0 Å². The fourth-order valence-corrected chi connectivity index (χ4v) is 7.05. The van der Waals surface area contributed by atoms with Gasteiger partial charge < -0.3 is 0 Å². The average molecular weight is 528 g/mol. The van der Waals surface area contributed by atoms with Crippen LogP contribution < -0.4 is 0 Å². The summed E-state index contributed by atoms with van der Waals surface area (Å²) in [5.41, 5.74) is 6.94. The first kappa shape index (κ1) is 24.3. The molecule has 40 heavy (non-hydrogen) atoms. The molecule has 0 saturated carbocycles. The maximum absolute atomic E-state index is 13.4. The molecule has 3 heterocycles. The summed E-state index contributed by atoms with van der Waals surface area (Å²) >= 11 is 0. The van der Waals surface area contributed by atoms with E-state index in [0.29, 0.717) is 0 Å². The molecule has 3 aromatic heterocycles. The van der Waals surface area contributed by atoms with Crippen LogP contribution >= 0.6 is 0 Å². The zero-order valence-electron chi connectivity index (χ0n) is 22.7. The molecular weight excluding hydrogens is 498 g/mol. The highest BCUT2D eigenvalue weighted by Crippen LogP contribution is 2.51. The summed E-state index contributed by atoms with van der Waals surface area (Å²) in [6.07, 6.45) is 5.59. The maximum atomic E-state index is 13.4. The number of hydrogen-bond acceptors (Lipinski definition) is 3. The van der Waals surface area contributed by atoms with Gasteiger partial charge in [0, 0.05) is 66.9 Å². The second-order valence-corrected chi connectivity index (χ2v) is 10.8. The minimum Gasteiger partial charge on any atom is -0.287 e. The van der Waals surface area contributed by atoms with E-state index < -0.39 is 0 Å². The van der Waals surface area contributed by atoms with E-state index in [2.05, 4.69) is 18.2 Å². The molecule has 0 aliphatic heterocycles. The molecule has 6 heteroatoms. The average Bonchev–Trinajstić information content (AvgIpc) is 3.63. The van der Waals surface area contributed by atoms with Crippen LogP contribution in [0.5, 0.6) is 0 Å². The lowest BCUT2D eigenvalue weighted by molar-refractivity contribution is 0.0929.